The van der Waals surface area contributed by atoms with Crippen molar-refractivity contribution < 1.29 is 157 Å². The van der Waals surface area contributed by atoms with E-state index < -0.39 is 23.2 Å². The number of nitrogens with zero attached hydrogens (tertiary/aromatic N) is 2. The Morgan fingerprint density at radius 1 is 0.671 bits per heavy atom. The van der Waals surface area contributed by atoms with E-state index in [1.165, 1.54) is 77.0 Å². The summed E-state index contributed by atoms with van der Waals surface area (Å²) in [6.45, 7) is 8.58. The number of ketones is 2. The number of aromatic nitrogens is 2. The number of fused-ring (bicyclic) bond motifs is 10. The molecule has 10 fully saturated rings. The van der Waals surface area contributed by atoms with Crippen molar-refractivity contribution in [2.24, 2.45) is 106 Å². The summed E-state index contributed by atoms with van der Waals surface area (Å²) in [7, 11) is 0. The zero-order valence-electron chi connectivity index (χ0n) is 43.8. The summed E-state index contributed by atoms with van der Waals surface area (Å²) < 4.78 is 43.9. The Labute approximate surface area is 509 Å². The van der Waals surface area contributed by atoms with Crippen LogP contribution >= 0.6 is 15.9 Å². The van der Waals surface area contributed by atoms with E-state index in [-0.39, 0.29) is 146 Å². The van der Waals surface area contributed by atoms with Gasteiger partial charge in [0.15, 0.2) is 11.5 Å². The van der Waals surface area contributed by atoms with Gasteiger partial charge in [-0.25, -0.2) is 9.97 Å². The standard InChI is InChI=1S/C29H39F3N2O3.C24H37BrO2.CH2O3.2K.H/c1-27(36)9-7-19-17(12-27)5-6-21-20(19)8-10-28(2)23(11-22(25(21)28)16-3-4-16)24(35)15-37-18-13-33-26(34-14-18)29(30,31)32;1-23(27)9-7-16-15(12-23)5-6-18-17(16)8-10-24(2)20(21(26)13-25)11-19(22(18)24)14-3-4-14;2-1-4-3;;;/h13-14,16-17,19-23,25,36H,3-12,15H2,1-2H3;14-20,22,27H,3-13H2,1-2H3;1,3H;;;/q;;;2*+1;-1/p-1/t17-,19+,20-,21-,22+,23-,25-,27-,28-;15-,16+,17-,18-,19+,20-,22-,23-,24-;;;;/m11..../s1. The summed E-state index contributed by atoms with van der Waals surface area (Å²) in [4.78, 5) is 44.4. The number of Topliss-reactive ketones (excluding diaryl/α,β-unsaturated/α-hetero) is 2. The van der Waals surface area contributed by atoms with Crippen LogP contribution in [0.25, 0.3) is 0 Å². The minimum Gasteiger partial charge on any atom is -1.00 e. The van der Waals surface area contributed by atoms with E-state index in [0.29, 0.717) is 52.5 Å². The fraction of sp³-hybridized carbons (Fsp3) is 0.870. The molecule has 11 rings (SSSR count). The summed E-state index contributed by atoms with van der Waals surface area (Å²) >= 11 is 3.49. The van der Waals surface area contributed by atoms with Crippen molar-refractivity contribution in [3.05, 3.63) is 18.2 Å². The third kappa shape index (κ3) is 12.1. The molecule has 70 heavy (non-hydrogen) atoms. The van der Waals surface area contributed by atoms with Crippen molar-refractivity contribution >= 4 is 34.0 Å². The zero-order chi connectivity index (χ0) is 48.6. The molecule has 10 saturated carbocycles. The molecule has 16 heteroatoms. The van der Waals surface area contributed by atoms with Crippen LogP contribution < -0.4 is 113 Å². The molecule has 10 aliphatic rings. The third-order valence-electron chi connectivity index (χ3n) is 21.3. The van der Waals surface area contributed by atoms with Gasteiger partial charge >= 0.3 is 109 Å². The number of rotatable bonds is 9. The fourth-order valence-electron chi connectivity index (χ4n) is 18.4. The second-order valence-electron chi connectivity index (χ2n) is 25.1. The van der Waals surface area contributed by atoms with Crippen LogP contribution in [0.1, 0.15) is 163 Å². The van der Waals surface area contributed by atoms with Crippen LogP contribution in [0.4, 0.5) is 13.2 Å². The van der Waals surface area contributed by atoms with Crippen molar-refractivity contribution in [3.63, 3.8) is 0 Å². The molecule has 0 spiro atoms. The number of hydrogen-bond acceptors (Lipinski definition) is 10. The molecule has 0 radical (unpaired) electrons. The fourth-order valence-corrected chi connectivity index (χ4v) is 18.8. The molecule has 0 saturated heterocycles. The van der Waals surface area contributed by atoms with Gasteiger partial charge in [-0.15, -0.1) is 0 Å². The first-order valence-corrected chi connectivity index (χ1v) is 27.6. The molecule has 0 bridgehead atoms. The Morgan fingerprint density at radius 2 is 1.07 bits per heavy atom. The van der Waals surface area contributed by atoms with Crippen molar-refractivity contribution in [3.8, 4) is 5.75 Å². The first kappa shape index (κ1) is 58.8. The molecule has 0 amide bonds. The van der Waals surface area contributed by atoms with Gasteiger partial charge in [-0.1, -0.05) is 29.8 Å². The van der Waals surface area contributed by atoms with E-state index in [9.17, 15) is 33.0 Å². The molecule has 1 aromatic heterocycles. The number of aliphatic hydroxyl groups is 2. The van der Waals surface area contributed by atoms with Crippen LogP contribution in [0.15, 0.2) is 12.4 Å². The average Bonchev–Trinajstić information content (AvgIpc) is 4.25. The van der Waals surface area contributed by atoms with Crippen LogP contribution in [0.3, 0.4) is 0 Å². The largest absolute Gasteiger partial charge is 1.00 e. The van der Waals surface area contributed by atoms with Gasteiger partial charge in [-0.05, 0) is 236 Å². The minimum atomic E-state index is -4.60. The smallest absolute Gasteiger partial charge is 1.00 e. The van der Waals surface area contributed by atoms with Crippen LogP contribution in [0.2, 0.25) is 0 Å². The predicted molar refractivity (Wildman–Crippen MR) is 250 cm³/mol. The minimum absolute atomic E-state index is 0. The molecular formula is C54H78BrF3K2N2O8. The van der Waals surface area contributed by atoms with Crippen LogP contribution in [0.5, 0.6) is 5.75 Å². The van der Waals surface area contributed by atoms with Gasteiger partial charge in [0.25, 0.3) is 6.47 Å². The molecular weight excluding hydrogens is 1020 g/mol. The number of alkyl halides is 4. The predicted octanol–water partition coefficient (Wildman–Crippen LogP) is 4.26. The van der Waals surface area contributed by atoms with Crippen molar-refractivity contribution in [2.75, 3.05) is 11.9 Å². The Balaban J connectivity index is 0.000000215. The zero-order valence-corrected chi connectivity index (χ0v) is 50.6. The SMILES string of the molecule is C[C@@]1(O)CC[C@H]2[C@H](CC[C@@H]3[C@@H]2CC[C@@]2(C)[C@H]3[C@H](C3CC3)C[C@@H]2C(=O)CBr)C1.C[C@@]1(O)CC[C@H]2[C@H](CC[C@@H]3[C@@H]2CC[C@@]2(C)[C@H]3[C@H](C3CC3)C[C@@H]2C(=O)COc2cnc(C(F)(F)F)nc2)C1.O=CO[O-].[H-].[K+].[K+]. The Hall–Kier alpha value is 1.11. The Kier molecular flexibility index (Phi) is 19.5. The van der Waals surface area contributed by atoms with Gasteiger partial charge in [-0.2, -0.15) is 13.2 Å². The molecule has 0 aliphatic heterocycles. The van der Waals surface area contributed by atoms with Crippen molar-refractivity contribution in [1.82, 2.24) is 9.97 Å². The number of ether oxygens (including phenoxy) is 1. The topological polar surface area (TPSA) is 159 Å². The average molecular weight is 1100 g/mol. The van der Waals surface area contributed by atoms with Gasteiger partial charge in [0.05, 0.1) is 28.9 Å². The molecule has 2 N–H and O–H groups in total. The molecule has 382 valence electrons. The van der Waals surface area contributed by atoms with Gasteiger partial charge < -0.3 is 26.5 Å². The molecule has 10 aliphatic carbocycles. The second-order valence-corrected chi connectivity index (χ2v) is 25.7. The normalized spacial score (nSPS) is 44.4. The summed E-state index contributed by atoms with van der Waals surface area (Å²) in [6.07, 6.45) is 21.0. The molecule has 1 aromatic rings. The van der Waals surface area contributed by atoms with Gasteiger partial charge in [0.2, 0.25) is 5.82 Å². The van der Waals surface area contributed by atoms with E-state index >= 15 is 0 Å². The molecule has 0 unspecified atom stereocenters. The van der Waals surface area contributed by atoms with Gasteiger partial charge in [0.1, 0.15) is 12.4 Å². The van der Waals surface area contributed by atoms with Gasteiger partial charge in [0, 0.05) is 11.8 Å². The maximum Gasteiger partial charge on any atom is 1.00 e. The summed E-state index contributed by atoms with van der Waals surface area (Å²) in [5.74, 6) is 10.1. The number of carbonyl (C=O) groups is 3. The van der Waals surface area contributed by atoms with E-state index in [1.807, 2.05) is 6.92 Å². The van der Waals surface area contributed by atoms with Crippen LogP contribution in [0, 0.1) is 106 Å². The van der Waals surface area contributed by atoms with Crippen molar-refractivity contribution in [2.45, 2.75) is 173 Å². The second kappa shape index (κ2) is 23.2. The van der Waals surface area contributed by atoms with E-state index in [0.717, 1.165) is 111 Å². The van der Waals surface area contributed by atoms with Crippen LogP contribution in [-0.2, 0) is 25.4 Å². The molecule has 1 heterocycles. The summed E-state index contributed by atoms with van der Waals surface area (Å²) in [5, 5.41) is 30.3. The van der Waals surface area contributed by atoms with Crippen molar-refractivity contribution in [1.29, 1.82) is 0 Å². The number of carbonyl (C=O) groups excluding carboxylic acids is 3. The monoisotopic (exact) mass is 1100 g/mol. The Morgan fingerprint density at radius 3 is 1.46 bits per heavy atom. The first-order valence-electron chi connectivity index (χ1n) is 26.5. The maximum atomic E-state index is 13.6. The van der Waals surface area contributed by atoms with Crippen LogP contribution in [-0.4, -0.2) is 61.4 Å². The number of halogens is 4. The maximum absolute atomic E-state index is 13.6. The van der Waals surface area contributed by atoms with Gasteiger partial charge in [-0.3, -0.25) is 14.4 Å². The summed E-state index contributed by atoms with van der Waals surface area (Å²) in [6, 6.07) is 0. The summed E-state index contributed by atoms with van der Waals surface area (Å²) in [5.41, 5.74) is -0.726. The van der Waals surface area contributed by atoms with E-state index in [4.69, 9.17) is 14.8 Å². The number of hydrogen-bond donors (Lipinski definition) is 2. The quantitative estimate of drug-likeness (QED) is 0.120. The van der Waals surface area contributed by atoms with E-state index in [2.05, 4.69) is 51.6 Å². The molecule has 0 aromatic carbocycles. The molecule has 10 nitrogen and oxygen atoms in total. The third-order valence-corrected chi connectivity index (χ3v) is 21.8. The Bertz CT molecular complexity index is 2000. The van der Waals surface area contributed by atoms with E-state index in [1.54, 1.807) is 0 Å². The first-order chi connectivity index (χ1) is 32.2. The molecule has 18 atom stereocenters.